The third-order valence-corrected chi connectivity index (χ3v) is 5.51. The Balaban J connectivity index is 2.12. The van der Waals surface area contributed by atoms with Crippen LogP contribution >= 0.6 is 11.8 Å². The lowest BCUT2D eigenvalue weighted by Crippen LogP contribution is -2.45. The van der Waals surface area contributed by atoms with Crippen molar-refractivity contribution >= 4 is 17.4 Å². The molecule has 20 heavy (non-hydrogen) atoms. The Hall–Kier alpha value is -0.670. The van der Waals surface area contributed by atoms with E-state index in [0.29, 0.717) is 17.3 Å². The Morgan fingerprint density at radius 3 is 2.75 bits per heavy atom. The molecule has 2 atom stereocenters. The number of nitrogens with zero attached hydrogens (tertiary/aromatic N) is 1. The van der Waals surface area contributed by atoms with Crippen molar-refractivity contribution in [1.29, 1.82) is 0 Å². The van der Waals surface area contributed by atoms with Crippen molar-refractivity contribution in [3.8, 4) is 0 Å². The molecule has 3 heteroatoms. The Kier molecular flexibility index (Phi) is 5.39. The molecule has 0 amide bonds. The molecule has 1 aromatic carbocycles. The lowest BCUT2D eigenvalue weighted by Gasteiger charge is -2.40. The Morgan fingerprint density at radius 2 is 2.10 bits per heavy atom. The van der Waals surface area contributed by atoms with E-state index in [0.717, 1.165) is 6.54 Å². The van der Waals surface area contributed by atoms with Crippen LogP contribution in [0.2, 0.25) is 0 Å². The summed E-state index contributed by atoms with van der Waals surface area (Å²) in [4.78, 5) is 2.58. The summed E-state index contributed by atoms with van der Waals surface area (Å²) >= 11 is 2.09. The predicted octanol–water partition coefficient (Wildman–Crippen LogP) is 3.82. The normalized spacial score (nSPS) is 23.4. The highest BCUT2D eigenvalue weighted by Gasteiger charge is 2.26. The largest absolute Gasteiger partial charge is 0.367 e. The second-order valence-corrected chi connectivity index (χ2v) is 7.65. The van der Waals surface area contributed by atoms with Crippen molar-refractivity contribution in [2.75, 3.05) is 17.2 Å². The van der Waals surface area contributed by atoms with Crippen molar-refractivity contribution in [2.24, 2.45) is 0 Å². The van der Waals surface area contributed by atoms with E-state index in [-0.39, 0.29) is 0 Å². The SMILES string of the molecule is Cc1cc(CNC(C)C)ccc1N1CCSC(C)C1C. The summed E-state index contributed by atoms with van der Waals surface area (Å²) in [5.41, 5.74) is 4.20. The molecule has 0 radical (unpaired) electrons. The molecule has 1 aromatic rings. The monoisotopic (exact) mass is 292 g/mol. The van der Waals surface area contributed by atoms with Gasteiger partial charge < -0.3 is 10.2 Å². The van der Waals surface area contributed by atoms with Gasteiger partial charge in [-0.3, -0.25) is 0 Å². The standard InChI is InChI=1S/C17H28N2S/c1-12(2)18-11-16-6-7-17(13(3)10-16)19-8-9-20-15(5)14(19)4/h6-7,10,12,14-15,18H,8-9,11H2,1-5H3. The van der Waals surface area contributed by atoms with Crippen molar-refractivity contribution in [3.63, 3.8) is 0 Å². The van der Waals surface area contributed by atoms with Crippen LogP contribution in [0.3, 0.4) is 0 Å². The van der Waals surface area contributed by atoms with Crippen LogP contribution in [-0.2, 0) is 6.54 Å². The minimum atomic E-state index is 0.537. The molecule has 2 unspecified atom stereocenters. The van der Waals surface area contributed by atoms with Crippen molar-refractivity contribution in [3.05, 3.63) is 29.3 Å². The van der Waals surface area contributed by atoms with Crippen LogP contribution in [0.5, 0.6) is 0 Å². The van der Waals surface area contributed by atoms with Gasteiger partial charge in [-0.25, -0.2) is 0 Å². The maximum Gasteiger partial charge on any atom is 0.0399 e. The Bertz CT molecular complexity index is 445. The average molecular weight is 292 g/mol. The first-order valence-electron chi connectivity index (χ1n) is 7.70. The molecule has 1 fully saturated rings. The van der Waals surface area contributed by atoms with E-state index in [1.165, 1.54) is 29.1 Å². The summed E-state index contributed by atoms with van der Waals surface area (Å²) in [6, 6.07) is 8.08. The number of aryl methyl sites for hydroxylation is 1. The minimum absolute atomic E-state index is 0.537. The minimum Gasteiger partial charge on any atom is -0.367 e. The smallest absolute Gasteiger partial charge is 0.0399 e. The van der Waals surface area contributed by atoms with Crippen LogP contribution in [0.4, 0.5) is 5.69 Å². The predicted molar refractivity (Wildman–Crippen MR) is 91.9 cm³/mol. The number of benzene rings is 1. The fraction of sp³-hybridized carbons (Fsp3) is 0.647. The van der Waals surface area contributed by atoms with Gasteiger partial charge in [-0.2, -0.15) is 11.8 Å². The highest BCUT2D eigenvalue weighted by atomic mass is 32.2. The summed E-state index contributed by atoms with van der Waals surface area (Å²) < 4.78 is 0. The van der Waals surface area contributed by atoms with Gasteiger partial charge in [0, 0.05) is 41.9 Å². The van der Waals surface area contributed by atoms with Crippen LogP contribution in [0.1, 0.15) is 38.8 Å². The molecule has 0 bridgehead atoms. The van der Waals surface area contributed by atoms with Crippen LogP contribution < -0.4 is 10.2 Å². The summed E-state index contributed by atoms with van der Waals surface area (Å²) in [6.45, 7) is 13.4. The second-order valence-electron chi connectivity index (χ2n) is 6.17. The molecule has 0 aromatic heterocycles. The molecule has 0 aliphatic carbocycles. The molecule has 112 valence electrons. The van der Waals surface area contributed by atoms with E-state index < -0.39 is 0 Å². The number of thioether (sulfide) groups is 1. The molecule has 1 N–H and O–H groups in total. The highest BCUT2D eigenvalue weighted by Crippen LogP contribution is 2.31. The lowest BCUT2D eigenvalue weighted by atomic mass is 10.1. The zero-order valence-corrected chi connectivity index (χ0v) is 14.3. The first-order valence-corrected chi connectivity index (χ1v) is 8.75. The summed E-state index contributed by atoms with van der Waals surface area (Å²) in [7, 11) is 0. The van der Waals surface area contributed by atoms with E-state index in [4.69, 9.17) is 0 Å². The maximum absolute atomic E-state index is 3.49. The first kappa shape index (κ1) is 15.7. The molecule has 0 saturated carbocycles. The van der Waals surface area contributed by atoms with Gasteiger partial charge in [0.15, 0.2) is 0 Å². The number of hydrogen-bond acceptors (Lipinski definition) is 3. The zero-order valence-electron chi connectivity index (χ0n) is 13.4. The van der Waals surface area contributed by atoms with Crippen molar-refractivity contribution in [2.45, 2.75) is 58.5 Å². The van der Waals surface area contributed by atoms with Gasteiger partial charge in [-0.05, 0) is 31.0 Å². The molecule has 1 heterocycles. The number of anilines is 1. The zero-order chi connectivity index (χ0) is 14.7. The van der Waals surface area contributed by atoms with Gasteiger partial charge in [0.05, 0.1) is 0 Å². The Morgan fingerprint density at radius 1 is 1.35 bits per heavy atom. The van der Waals surface area contributed by atoms with E-state index in [2.05, 4.69) is 74.8 Å². The van der Waals surface area contributed by atoms with Gasteiger partial charge >= 0.3 is 0 Å². The molecule has 0 spiro atoms. The molecule has 1 aliphatic heterocycles. The van der Waals surface area contributed by atoms with Crippen LogP contribution in [0.25, 0.3) is 0 Å². The molecular weight excluding hydrogens is 264 g/mol. The second kappa shape index (κ2) is 6.86. The van der Waals surface area contributed by atoms with Gasteiger partial charge in [-0.1, -0.05) is 32.9 Å². The van der Waals surface area contributed by atoms with Crippen LogP contribution in [-0.4, -0.2) is 29.6 Å². The van der Waals surface area contributed by atoms with Crippen LogP contribution in [0, 0.1) is 6.92 Å². The summed E-state index contributed by atoms with van der Waals surface area (Å²) in [6.07, 6.45) is 0. The maximum atomic E-state index is 3.49. The lowest BCUT2D eigenvalue weighted by molar-refractivity contribution is 0.588. The topological polar surface area (TPSA) is 15.3 Å². The molecule has 1 aliphatic rings. The van der Waals surface area contributed by atoms with Crippen LogP contribution in [0.15, 0.2) is 18.2 Å². The number of rotatable bonds is 4. The quantitative estimate of drug-likeness (QED) is 0.908. The summed E-state index contributed by atoms with van der Waals surface area (Å²) in [5, 5.41) is 4.20. The molecule has 2 nitrogen and oxygen atoms in total. The third kappa shape index (κ3) is 3.70. The molecular formula is C17H28N2S. The average Bonchev–Trinajstić information content (AvgIpc) is 2.40. The summed E-state index contributed by atoms with van der Waals surface area (Å²) in [5.74, 6) is 1.24. The Labute approximate surface area is 128 Å². The third-order valence-electron chi connectivity index (χ3n) is 4.17. The fourth-order valence-corrected chi connectivity index (χ4v) is 3.84. The number of hydrogen-bond donors (Lipinski definition) is 1. The van der Waals surface area contributed by atoms with E-state index in [1.54, 1.807) is 0 Å². The van der Waals surface area contributed by atoms with Crippen molar-refractivity contribution < 1.29 is 0 Å². The van der Waals surface area contributed by atoms with Gasteiger partial charge in [-0.15, -0.1) is 0 Å². The highest BCUT2D eigenvalue weighted by molar-refractivity contribution is 8.00. The fourth-order valence-electron chi connectivity index (χ4n) is 2.74. The molecule has 2 rings (SSSR count). The van der Waals surface area contributed by atoms with Gasteiger partial charge in [0.1, 0.15) is 0 Å². The number of nitrogens with one attached hydrogen (secondary N) is 1. The van der Waals surface area contributed by atoms with Gasteiger partial charge in [0.25, 0.3) is 0 Å². The van der Waals surface area contributed by atoms with Crippen molar-refractivity contribution in [1.82, 2.24) is 5.32 Å². The van der Waals surface area contributed by atoms with E-state index in [1.807, 2.05) is 0 Å². The van der Waals surface area contributed by atoms with E-state index in [9.17, 15) is 0 Å². The first-order chi connectivity index (χ1) is 9.49. The van der Waals surface area contributed by atoms with E-state index >= 15 is 0 Å². The van der Waals surface area contributed by atoms with Gasteiger partial charge in [0.2, 0.25) is 0 Å². The molecule has 1 saturated heterocycles.